The van der Waals surface area contributed by atoms with Gasteiger partial charge in [-0.2, -0.15) is 0 Å². The molecular formula is C7H6N6OS. The topological polar surface area (TPSA) is 107 Å². The highest BCUT2D eigenvalue weighted by molar-refractivity contribution is 7.09. The molecule has 3 N–H and O–H groups in total. The van der Waals surface area contributed by atoms with Gasteiger partial charge in [0.05, 0.1) is 0 Å². The molecule has 0 aliphatic heterocycles. The van der Waals surface area contributed by atoms with Crippen LogP contribution in [0.2, 0.25) is 0 Å². The Kier molecular flexibility index (Phi) is 2.50. The van der Waals surface area contributed by atoms with Gasteiger partial charge in [0.1, 0.15) is 5.69 Å². The summed E-state index contributed by atoms with van der Waals surface area (Å²) in [5, 5.41) is 9.73. The fourth-order valence-corrected chi connectivity index (χ4v) is 1.28. The van der Waals surface area contributed by atoms with E-state index in [2.05, 4.69) is 25.1 Å². The third kappa shape index (κ3) is 2.23. The van der Waals surface area contributed by atoms with Crippen LogP contribution < -0.4 is 11.1 Å². The summed E-state index contributed by atoms with van der Waals surface area (Å²) < 4.78 is 3.51. The summed E-state index contributed by atoms with van der Waals surface area (Å²) in [6.45, 7) is 0. The fraction of sp³-hybridized carbons (Fsp3) is 0. The van der Waals surface area contributed by atoms with Crippen LogP contribution in [0.1, 0.15) is 10.5 Å². The van der Waals surface area contributed by atoms with Gasteiger partial charge in [-0.3, -0.25) is 15.1 Å². The highest BCUT2D eigenvalue weighted by Crippen LogP contribution is 2.08. The normalized spacial score (nSPS) is 9.87. The average Bonchev–Trinajstić information content (AvgIpc) is 2.70. The van der Waals surface area contributed by atoms with Crippen molar-refractivity contribution < 1.29 is 4.79 Å². The molecule has 0 bridgehead atoms. The van der Waals surface area contributed by atoms with E-state index in [4.69, 9.17) is 5.73 Å². The van der Waals surface area contributed by atoms with Crippen LogP contribution in [0.3, 0.4) is 0 Å². The van der Waals surface area contributed by atoms with E-state index in [0.29, 0.717) is 10.8 Å². The Morgan fingerprint density at radius 1 is 1.53 bits per heavy atom. The van der Waals surface area contributed by atoms with E-state index >= 15 is 0 Å². The molecule has 2 heterocycles. The predicted octanol–water partition coefficient (Wildman–Crippen LogP) is 0.163. The van der Waals surface area contributed by atoms with Gasteiger partial charge in [-0.1, -0.05) is 9.59 Å². The van der Waals surface area contributed by atoms with Crippen molar-refractivity contribution in [3.63, 3.8) is 0 Å². The van der Waals surface area contributed by atoms with Gasteiger partial charge < -0.3 is 5.73 Å². The van der Waals surface area contributed by atoms with Crippen molar-refractivity contribution in [2.45, 2.75) is 0 Å². The Balaban J connectivity index is 2.15. The maximum atomic E-state index is 11.5. The van der Waals surface area contributed by atoms with Crippen molar-refractivity contribution in [1.82, 2.24) is 19.8 Å². The minimum absolute atomic E-state index is 0.227. The van der Waals surface area contributed by atoms with Crippen LogP contribution in [0.15, 0.2) is 18.3 Å². The van der Waals surface area contributed by atoms with Gasteiger partial charge in [0.25, 0.3) is 5.91 Å². The minimum Gasteiger partial charge on any atom is -0.399 e. The molecule has 1 amide bonds. The quantitative estimate of drug-likeness (QED) is 0.749. The first kappa shape index (κ1) is 9.46. The van der Waals surface area contributed by atoms with Crippen LogP contribution in [0.25, 0.3) is 0 Å². The molecule has 2 aromatic heterocycles. The summed E-state index contributed by atoms with van der Waals surface area (Å²) in [6.07, 6.45) is 1.46. The third-order valence-corrected chi connectivity index (χ3v) is 2.05. The second-order valence-electron chi connectivity index (χ2n) is 2.60. The smallest absolute Gasteiger partial charge is 0.276 e. The second-order valence-corrected chi connectivity index (χ2v) is 3.33. The Morgan fingerprint density at radius 2 is 2.40 bits per heavy atom. The number of pyridine rings is 1. The summed E-state index contributed by atoms with van der Waals surface area (Å²) in [6, 6.07) is 3.08. The molecule has 2 rings (SSSR count). The minimum atomic E-state index is -0.388. The molecule has 2 aromatic rings. The summed E-state index contributed by atoms with van der Waals surface area (Å²) in [5.74, 6) is -0.388. The number of aromatic nitrogens is 4. The zero-order valence-corrected chi connectivity index (χ0v) is 8.23. The van der Waals surface area contributed by atoms with E-state index < -0.39 is 0 Å². The second kappa shape index (κ2) is 3.96. The molecule has 0 aliphatic carbocycles. The molecule has 7 nitrogen and oxygen atoms in total. The van der Waals surface area contributed by atoms with Gasteiger partial charge in [-0.05, 0) is 17.3 Å². The number of amides is 1. The lowest BCUT2D eigenvalue weighted by atomic mass is 10.3. The molecule has 0 saturated carbocycles. The van der Waals surface area contributed by atoms with Crippen molar-refractivity contribution in [2.75, 3.05) is 11.1 Å². The largest absolute Gasteiger partial charge is 0.399 e. The maximum Gasteiger partial charge on any atom is 0.276 e. The Labute approximate surface area is 88.5 Å². The van der Waals surface area contributed by atoms with Crippen molar-refractivity contribution in [1.29, 1.82) is 0 Å². The number of anilines is 2. The Morgan fingerprint density at radius 3 is 3.07 bits per heavy atom. The molecule has 15 heavy (non-hydrogen) atoms. The van der Waals surface area contributed by atoms with Crippen LogP contribution in [0.4, 0.5) is 10.8 Å². The van der Waals surface area contributed by atoms with Gasteiger partial charge >= 0.3 is 0 Å². The zero-order valence-electron chi connectivity index (χ0n) is 7.41. The van der Waals surface area contributed by atoms with Crippen molar-refractivity contribution in [3.8, 4) is 0 Å². The number of rotatable bonds is 2. The Bertz CT molecular complexity index is 470. The van der Waals surface area contributed by atoms with Crippen LogP contribution in [0.5, 0.6) is 0 Å². The number of carbonyl (C=O) groups excluding carboxylic acids is 1. The van der Waals surface area contributed by atoms with E-state index in [1.54, 1.807) is 6.07 Å². The zero-order chi connectivity index (χ0) is 10.7. The van der Waals surface area contributed by atoms with Crippen LogP contribution >= 0.6 is 11.5 Å². The molecule has 0 aliphatic rings. The molecule has 0 atom stereocenters. The average molecular weight is 222 g/mol. The van der Waals surface area contributed by atoms with E-state index in [1.807, 2.05) is 0 Å². The van der Waals surface area contributed by atoms with Crippen molar-refractivity contribution in [2.24, 2.45) is 0 Å². The highest BCUT2D eigenvalue weighted by Gasteiger charge is 2.09. The summed E-state index contributed by atoms with van der Waals surface area (Å²) >= 11 is 0.987. The number of carbonyl (C=O) groups is 1. The van der Waals surface area contributed by atoms with Crippen molar-refractivity contribution in [3.05, 3.63) is 24.0 Å². The first-order valence-corrected chi connectivity index (χ1v) is 4.71. The number of hydrogen-bond donors (Lipinski definition) is 2. The lowest BCUT2D eigenvalue weighted by Crippen LogP contribution is -2.13. The molecule has 0 fully saturated rings. The summed E-state index contributed by atoms with van der Waals surface area (Å²) in [4.78, 5) is 15.4. The molecule has 0 saturated heterocycles. The molecule has 0 aromatic carbocycles. The lowest BCUT2D eigenvalue weighted by Gasteiger charge is -1.99. The molecule has 76 valence electrons. The number of nitrogens with two attached hydrogens (primary N) is 1. The first-order chi connectivity index (χ1) is 7.25. The van der Waals surface area contributed by atoms with E-state index in [-0.39, 0.29) is 11.6 Å². The molecule has 8 heteroatoms. The van der Waals surface area contributed by atoms with Crippen molar-refractivity contribution >= 4 is 28.3 Å². The van der Waals surface area contributed by atoms with E-state index in [0.717, 1.165) is 11.5 Å². The number of nitrogen functional groups attached to an aromatic ring is 1. The Hall–Kier alpha value is -2.09. The van der Waals surface area contributed by atoms with Gasteiger partial charge in [-0.25, -0.2) is 0 Å². The van der Waals surface area contributed by atoms with Crippen LogP contribution in [-0.4, -0.2) is 25.7 Å². The van der Waals surface area contributed by atoms with Gasteiger partial charge in [-0.15, -0.1) is 0 Å². The summed E-state index contributed by atoms with van der Waals surface area (Å²) in [7, 11) is 0. The third-order valence-electron chi connectivity index (χ3n) is 1.54. The standard InChI is InChI=1S/C7H6N6OS/c8-4-1-2-9-5(3-4)6(14)10-7-11-12-13-15-7/h1-3H,(H2,8,9)(H,10,11,13,14). The molecule has 0 unspecified atom stereocenters. The highest BCUT2D eigenvalue weighted by atomic mass is 32.1. The van der Waals surface area contributed by atoms with Crippen LogP contribution in [0, 0.1) is 0 Å². The SMILES string of the molecule is Nc1ccnc(C(=O)Nc2nnns2)c1. The monoisotopic (exact) mass is 222 g/mol. The first-order valence-electron chi connectivity index (χ1n) is 3.93. The van der Waals surface area contributed by atoms with E-state index in [1.165, 1.54) is 12.3 Å². The number of nitrogens with one attached hydrogen (secondary N) is 1. The van der Waals surface area contributed by atoms with Gasteiger partial charge in [0, 0.05) is 23.4 Å². The maximum absolute atomic E-state index is 11.5. The number of nitrogens with zero attached hydrogens (tertiary/aromatic N) is 4. The van der Waals surface area contributed by atoms with Crippen LogP contribution in [-0.2, 0) is 0 Å². The summed E-state index contributed by atoms with van der Waals surface area (Å²) in [5.41, 5.74) is 6.22. The lowest BCUT2D eigenvalue weighted by molar-refractivity contribution is 0.102. The predicted molar refractivity (Wildman–Crippen MR) is 54.3 cm³/mol. The fourth-order valence-electron chi connectivity index (χ4n) is 0.914. The number of hydrogen-bond acceptors (Lipinski definition) is 7. The van der Waals surface area contributed by atoms with Gasteiger partial charge in [0.2, 0.25) is 5.13 Å². The molecule has 0 spiro atoms. The molecule has 0 radical (unpaired) electrons. The van der Waals surface area contributed by atoms with Gasteiger partial charge in [0.15, 0.2) is 0 Å². The molecular weight excluding hydrogens is 216 g/mol. The van der Waals surface area contributed by atoms with E-state index in [9.17, 15) is 4.79 Å².